The molecule has 336 valence electrons. The zero-order valence-electron chi connectivity index (χ0n) is 31.2. The van der Waals surface area contributed by atoms with Gasteiger partial charge in [-0.15, -0.1) is 10.2 Å². The summed E-state index contributed by atoms with van der Waals surface area (Å²) >= 11 is 0. The number of hydrogen-bond donors (Lipinski definition) is 8. The quantitative estimate of drug-likeness (QED) is 0.0318. The number of benzene rings is 6. The fourth-order valence-electron chi connectivity index (χ4n) is 5.96. The van der Waals surface area contributed by atoms with Crippen molar-refractivity contribution in [3.63, 3.8) is 0 Å². The summed E-state index contributed by atoms with van der Waals surface area (Å²) in [5.41, 5.74) is 8.41. The van der Waals surface area contributed by atoms with E-state index in [0.29, 0.717) is 0 Å². The number of azo groups is 2. The second kappa shape index (κ2) is 16.4. The Morgan fingerprint density at radius 2 is 0.703 bits per heavy atom. The van der Waals surface area contributed by atoms with Gasteiger partial charge < -0.3 is 11.5 Å². The molecule has 6 aromatic rings. The summed E-state index contributed by atoms with van der Waals surface area (Å²) in [5, 5.41) is 15.0. The number of nitrogens with two attached hydrogens (primary N) is 2. The van der Waals surface area contributed by atoms with E-state index >= 15 is 0 Å². The molecular weight excluding hydrogens is 973 g/mol. The highest BCUT2D eigenvalue weighted by atomic mass is 32.2. The zero-order valence-corrected chi connectivity index (χ0v) is 36.1. The maximum Gasteiger partial charge on any atom is 0.296 e. The molecule has 30 heteroatoms. The molecule has 0 spiro atoms. The van der Waals surface area contributed by atoms with Gasteiger partial charge in [-0.25, -0.2) is 0 Å². The second-order valence-corrected chi connectivity index (χ2v) is 21.5. The van der Waals surface area contributed by atoms with Crippen molar-refractivity contribution >= 4 is 129 Å². The maximum atomic E-state index is 12.5. The maximum absolute atomic E-state index is 12.5. The van der Waals surface area contributed by atoms with E-state index in [0.717, 1.165) is 97.1 Å². The van der Waals surface area contributed by atoms with E-state index in [9.17, 15) is 77.8 Å². The minimum atomic E-state index is -5.12. The Balaban J connectivity index is 1.40. The van der Waals surface area contributed by atoms with Crippen LogP contribution in [0.1, 0.15) is 11.1 Å². The van der Waals surface area contributed by atoms with Gasteiger partial charge >= 0.3 is 0 Å². The van der Waals surface area contributed by atoms with Crippen LogP contribution in [0.5, 0.6) is 0 Å². The van der Waals surface area contributed by atoms with Gasteiger partial charge in [-0.05, 0) is 82.6 Å². The van der Waals surface area contributed by atoms with Gasteiger partial charge in [0.25, 0.3) is 60.7 Å². The summed E-state index contributed by atoms with van der Waals surface area (Å²) in [6, 6.07) is 13.3. The Bertz CT molecular complexity index is 3550. The third-order valence-corrected chi connectivity index (χ3v) is 14.2. The third-order valence-electron chi connectivity index (χ3n) is 8.85. The molecule has 0 saturated heterocycles. The van der Waals surface area contributed by atoms with E-state index in [1.54, 1.807) is 0 Å². The zero-order chi connectivity index (χ0) is 47.5. The molecule has 0 atom stereocenters. The summed E-state index contributed by atoms with van der Waals surface area (Å²) in [6.45, 7) is 0. The van der Waals surface area contributed by atoms with Crippen molar-refractivity contribution in [3.8, 4) is 0 Å². The fourth-order valence-corrected chi connectivity index (χ4v) is 9.70. The van der Waals surface area contributed by atoms with Crippen molar-refractivity contribution in [2.45, 2.75) is 29.4 Å². The number of fused-ring (bicyclic) bond motifs is 2. The van der Waals surface area contributed by atoms with Crippen molar-refractivity contribution in [2.75, 3.05) is 11.5 Å². The van der Waals surface area contributed by atoms with Crippen LogP contribution in [0.25, 0.3) is 33.7 Å². The highest BCUT2D eigenvalue weighted by molar-refractivity contribution is 7.87. The Labute approximate surface area is 361 Å². The number of rotatable bonds is 12. The van der Waals surface area contributed by atoms with Crippen molar-refractivity contribution in [1.29, 1.82) is 0 Å². The molecule has 6 aromatic carbocycles. The molecule has 0 unspecified atom stereocenters. The topological polar surface area (TPSA) is 428 Å². The van der Waals surface area contributed by atoms with Crippen LogP contribution in [0, 0.1) is 0 Å². The first-order valence-corrected chi connectivity index (χ1v) is 25.3. The fraction of sp³-hybridized carbons (Fsp3) is 0. The predicted octanol–water partition coefficient (Wildman–Crippen LogP) is 5.64. The molecule has 0 aliphatic heterocycles. The normalized spacial score (nSPS) is 13.5. The van der Waals surface area contributed by atoms with Gasteiger partial charge in [0.1, 0.15) is 31.0 Å². The van der Waals surface area contributed by atoms with Gasteiger partial charge in [0.2, 0.25) is 0 Å². The molecule has 0 radical (unpaired) electrons. The third kappa shape index (κ3) is 10.1. The lowest BCUT2D eigenvalue weighted by molar-refractivity contribution is 0.480. The van der Waals surface area contributed by atoms with Crippen molar-refractivity contribution < 1.29 is 77.8 Å². The largest absolute Gasteiger partial charge is 0.396 e. The molecule has 0 saturated carbocycles. The molecule has 0 heterocycles. The monoisotopic (exact) mass is 998 g/mol. The van der Waals surface area contributed by atoms with Gasteiger partial charge in [-0.1, -0.05) is 36.4 Å². The van der Waals surface area contributed by atoms with Crippen LogP contribution in [-0.2, 0) is 60.7 Å². The first-order chi connectivity index (χ1) is 29.3. The molecular formula is C34H26N6O18S6. The summed E-state index contributed by atoms with van der Waals surface area (Å²) in [4.78, 5) is -4.87. The van der Waals surface area contributed by atoms with Crippen LogP contribution < -0.4 is 11.5 Å². The van der Waals surface area contributed by atoms with E-state index in [-0.39, 0.29) is 44.0 Å². The standard InChI is InChI=1S/C34H26N6O18S6/c35-31-29(63(53,54)55)13-19-11-23(59(41,42)43)7-9-25(19)33(31)39-37-21-5-3-17(27(15-21)61(47,48)49)1-2-18-4-6-22(16-28(18)62(50,51)52)38-40-34-26-10-8-24(60(44,45)46)12-20(26)14-30(32(34)36)64(56,57)58/h1-16H,35-36H2,(H,41,42,43)(H,44,45,46)(H,47,48,49)(H,50,51,52)(H,53,54,55)(H,56,57,58). The highest BCUT2D eigenvalue weighted by Crippen LogP contribution is 2.41. The van der Waals surface area contributed by atoms with Crippen LogP contribution in [0.3, 0.4) is 0 Å². The average molecular weight is 999 g/mol. The second-order valence-electron chi connectivity index (χ2n) is 13.1. The van der Waals surface area contributed by atoms with Gasteiger partial charge in [0.05, 0.1) is 32.5 Å². The lowest BCUT2D eigenvalue weighted by Crippen LogP contribution is -2.04. The van der Waals surface area contributed by atoms with Crippen LogP contribution >= 0.6 is 0 Å². The summed E-state index contributed by atoms with van der Waals surface area (Å²) in [7, 11) is -29.9. The smallest absolute Gasteiger partial charge is 0.296 e. The van der Waals surface area contributed by atoms with Gasteiger partial charge in [0.15, 0.2) is 0 Å². The summed E-state index contributed by atoms with van der Waals surface area (Å²) < 4.78 is 204. The molecule has 0 aliphatic rings. The summed E-state index contributed by atoms with van der Waals surface area (Å²) in [6.07, 6.45) is 2.00. The Morgan fingerprint density at radius 1 is 0.375 bits per heavy atom. The van der Waals surface area contributed by atoms with Crippen LogP contribution in [0.4, 0.5) is 34.1 Å². The molecule has 0 aliphatic carbocycles. The minimum absolute atomic E-state index is 0.0430. The predicted molar refractivity (Wildman–Crippen MR) is 226 cm³/mol. The molecule has 0 fully saturated rings. The van der Waals surface area contributed by atoms with Gasteiger partial charge in [-0.3, -0.25) is 27.3 Å². The minimum Gasteiger partial charge on any atom is -0.396 e. The van der Waals surface area contributed by atoms with Gasteiger partial charge in [-0.2, -0.15) is 60.7 Å². The number of nitrogen functional groups attached to an aromatic ring is 2. The molecule has 64 heavy (non-hydrogen) atoms. The molecule has 0 amide bonds. The first-order valence-electron chi connectivity index (χ1n) is 16.7. The highest BCUT2D eigenvalue weighted by Gasteiger charge is 2.24. The Kier molecular flexibility index (Phi) is 12.2. The first kappa shape index (κ1) is 47.3. The van der Waals surface area contributed by atoms with E-state index in [2.05, 4.69) is 20.5 Å². The van der Waals surface area contributed by atoms with Gasteiger partial charge in [0, 0.05) is 10.8 Å². The van der Waals surface area contributed by atoms with Crippen LogP contribution in [0.2, 0.25) is 0 Å². The molecule has 24 nitrogen and oxygen atoms in total. The molecule has 10 N–H and O–H groups in total. The summed E-state index contributed by atoms with van der Waals surface area (Å²) in [5.74, 6) is 0. The Morgan fingerprint density at radius 3 is 1.00 bits per heavy atom. The van der Waals surface area contributed by atoms with E-state index in [1.165, 1.54) is 0 Å². The SMILES string of the molecule is Nc1c(S(=O)(=O)O)cc2cc(S(=O)(=O)O)ccc2c1N=Nc1ccc(C=Cc2ccc(N=Nc3c(N)c(S(=O)(=O)O)cc4cc(S(=O)(=O)O)ccc34)cc2S(=O)(=O)O)c(S(=O)(=O)O)c1. The molecule has 6 rings (SSSR count). The van der Waals surface area contributed by atoms with E-state index in [4.69, 9.17) is 11.5 Å². The van der Waals surface area contributed by atoms with E-state index in [1.807, 2.05) is 0 Å². The number of nitrogens with zero attached hydrogens (tertiary/aromatic N) is 4. The lowest BCUT2D eigenvalue weighted by Gasteiger charge is -2.11. The molecule has 0 aromatic heterocycles. The van der Waals surface area contributed by atoms with Crippen molar-refractivity contribution in [1.82, 2.24) is 0 Å². The molecule has 0 bridgehead atoms. The van der Waals surface area contributed by atoms with Crippen molar-refractivity contribution in [3.05, 3.63) is 96.1 Å². The van der Waals surface area contributed by atoms with Crippen LogP contribution in [-0.4, -0.2) is 77.8 Å². The number of anilines is 2. The van der Waals surface area contributed by atoms with E-state index < -0.39 is 113 Å². The Hall–Kier alpha value is -6.16. The number of hydrogen-bond acceptors (Lipinski definition) is 18. The lowest BCUT2D eigenvalue weighted by atomic mass is 10.1. The van der Waals surface area contributed by atoms with Crippen LogP contribution in [0.15, 0.2) is 135 Å². The average Bonchev–Trinajstić information content (AvgIpc) is 3.16. The van der Waals surface area contributed by atoms with Crippen molar-refractivity contribution in [2.24, 2.45) is 20.5 Å².